The minimum atomic E-state index is -4.46. The normalized spacial score (nSPS) is 14.0. The van der Waals surface area contributed by atoms with Gasteiger partial charge in [-0.2, -0.15) is 0 Å². The molecular weight excluding hydrogens is 1000 g/mol. The molecule has 2 N–H and O–H groups in total. The van der Waals surface area contributed by atoms with Crippen molar-refractivity contribution >= 4 is 19.7 Å². The molecule has 0 radical (unpaired) electrons. The van der Waals surface area contributed by atoms with E-state index in [2.05, 4.69) is 74.7 Å². The van der Waals surface area contributed by atoms with Crippen molar-refractivity contribution in [3.05, 3.63) is 60.8 Å². The van der Waals surface area contributed by atoms with Crippen LogP contribution in [0.1, 0.15) is 316 Å². The Hall–Kier alpha value is -2.29. The van der Waals surface area contributed by atoms with Crippen molar-refractivity contribution in [2.75, 3.05) is 40.9 Å². The predicted octanol–water partition coefficient (Wildman–Crippen LogP) is 21.0. The van der Waals surface area contributed by atoms with Crippen LogP contribution in [0.5, 0.6) is 0 Å². The summed E-state index contributed by atoms with van der Waals surface area (Å²) in [6.45, 7) is 7.01. The second kappa shape index (κ2) is 58.9. The monoisotopic (exact) mass is 1130 g/mol. The number of hydrogen-bond donors (Lipinski definition) is 2. The Morgan fingerprint density at radius 1 is 0.443 bits per heavy atom. The van der Waals surface area contributed by atoms with Crippen molar-refractivity contribution in [2.24, 2.45) is 0 Å². The van der Waals surface area contributed by atoms with E-state index in [9.17, 15) is 19.0 Å². The van der Waals surface area contributed by atoms with Crippen molar-refractivity contribution in [2.45, 2.75) is 328 Å². The number of rotatable bonds is 61. The summed E-state index contributed by atoms with van der Waals surface area (Å²) in [5.74, 6) is -0.514. The number of nitrogens with one attached hydrogen (secondary N) is 1. The zero-order chi connectivity index (χ0) is 57.9. The minimum Gasteiger partial charge on any atom is -0.456 e. The highest BCUT2D eigenvalue weighted by Crippen LogP contribution is 2.43. The number of allylic oxidation sites excluding steroid dienone is 9. The van der Waals surface area contributed by atoms with Gasteiger partial charge in [0, 0.05) is 12.8 Å². The molecule has 0 spiro atoms. The van der Waals surface area contributed by atoms with Gasteiger partial charge < -0.3 is 19.4 Å². The molecule has 79 heavy (non-hydrogen) atoms. The third kappa shape index (κ3) is 60.1. The number of quaternary nitrogens is 1. The van der Waals surface area contributed by atoms with Gasteiger partial charge in [0.2, 0.25) is 5.91 Å². The Bertz CT molecular complexity index is 1540. The molecule has 0 saturated carbocycles. The molecular formula is C69H130N2O7P+. The molecule has 0 aromatic heterocycles. The molecule has 462 valence electrons. The summed E-state index contributed by atoms with van der Waals surface area (Å²) in [5.41, 5.74) is 0. The summed E-state index contributed by atoms with van der Waals surface area (Å²) in [6, 6.07) is -0.858. The van der Waals surface area contributed by atoms with E-state index < -0.39 is 20.0 Å². The molecule has 3 unspecified atom stereocenters. The lowest BCUT2D eigenvalue weighted by atomic mass is 10.0. The summed E-state index contributed by atoms with van der Waals surface area (Å²) < 4.78 is 30.8. The van der Waals surface area contributed by atoms with E-state index in [0.717, 1.165) is 96.3 Å². The third-order valence-electron chi connectivity index (χ3n) is 15.0. The van der Waals surface area contributed by atoms with Crippen molar-refractivity contribution in [1.82, 2.24) is 5.32 Å². The second-order valence-corrected chi connectivity index (χ2v) is 25.5. The summed E-state index contributed by atoms with van der Waals surface area (Å²) >= 11 is 0. The SMILES string of the molecule is CCCCC/C=C\C/C=C\C/C=C\C/C=C\CCCCCCCC(=O)NC(COP(=O)(O)OCC[N+](C)(C)C)C(/C=C/CCCCCCCCCCCCC)OC(=O)CCCCCCCCCCCCCCCCCCCCC. The number of amides is 1. The maximum Gasteiger partial charge on any atom is 0.472 e. The van der Waals surface area contributed by atoms with E-state index in [1.165, 1.54) is 186 Å². The number of nitrogens with zero attached hydrogens (tertiary/aromatic N) is 1. The number of likely N-dealkylation sites (N-methyl/N-ethyl adjacent to an activating group) is 1. The number of hydrogen-bond acceptors (Lipinski definition) is 6. The molecule has 0 bridgehead atoms. The van der Waals surface area contributed by atoms with E-state index in [1.807, 2.05) is 33.3 Å². The Labute approximate surface area is 490 Å². The molecule has 0 rings (SSSR count). The fraction of sp³-hybridized carbons (Fsp3) is 0.826. The quantitative estimate of drug-likeness (QED) is 0.0205. The maximum atomic E-state index is 13.6. The molecule has 1 amide bonds. The Morgan fingerprint density at radius 3 is 1.18 bits per heavy atom. The number of carbonyl (C=O) groups is 2. The van der Waals surface area contributed by atoms with Crippen molar-refractivity contribution in [3.8, 4) is 0 Å². The summed E-state index contributed by atoms with van der Waals surface area (Å²) in [7, 11) is 1.49. The standard InChI is InChI=1S/C69H129N2O7P/c1-7-10-13-16-19-22-25-28-30-32-34-35-37-38-40-43-46-49-52-55-58-61-68(72)70-66(65-77-79(74,75)76-64-63-71(4,5)6)67(60-57-54-51-48-45-42-27-24-21-18-15-12-9-3)78-69(73)62-59-56-53-50-47-44-41-39-36-33-31-29-26-23-20-17-14-11-8-2/h19,22,28,30,34-35,38,40,57,60,66-67H,7-18,20-21,23-27,29,31-33,36-37,39,41-56,58-59,61-65H2,1-6H3,(H-,70,72,74,75)/p+1/b22-19-,30-28-,35-34-,40-38-,60-57+. The predicted molar refractivity (Wildman–Crippen MR) is 342 cm³/mol. The number of esters is 1. The van der Waals surface area contributed by atoms with Crippen LogP contribution in [-0.2, 0) is 27.9 Å². The third-order valence-corrected chi connectivity index (χ3v) is 15.9. The van der Waals surface area contributed by atoms with Gasteiger partial charge in [-0.3, -0.25) is 18.6 Å². The van der Waals surface area contributed by atoms with Crippen molar-refractivity contribution in [1.29, 1.82) is 0 Å². The van der Waals surface area contributed by atoms with Crippen LogP contribution in [-0.4, -0.2) is 74.3 Å². The fourth-order valence-electron chi connectivity index (χ4n) is 9.75. The van der Waals surface area contributed by atoms with Gasteiger partial charge in [-0.15, -0.1) is 0 Å². The van der Waals surface area contributed by atoms with Gasteiger partial charge >= 0.3 is 13.8 Å². The van der Waals surface area contributed by atoms with E-state index in [1.54, 1.807) is 0 Å². The Morgan fingerprint density at radius 2 is 0.772 bits per heavy atom. The van der Waals surface area contributed by atoms with E-state index in [0.29, 0.717) is 23.9 Å². The van der Waals surface area contributed by atoms with Gasteiger partial charge in [0.1, 0.15) is 19.3 Å². The highest BCUT2D eigenvalue weighted by Gasteiger charge is 2.30. The molecule has 0 aromatic rings. The molecule has 0 aromatic carbocycles. The lowest BCUT2D eigenvalue weighted by Crippen LogP contribution is -2.47. The molecule has 0 aliphatic rings. The number of carbonyl (C=O) groups excluding carboxylic acids is 2. The van der Waals surface area contributed by atoms with Crippen molar-refractivity contribution in [3.63, 3.8) is 0 Å². The van der Waals surface area contributed by atoms with Crippen LogP contribution in [0.25, 0.3) is 0 Å². The van der Waals surface area contributed by atoms with Gasteiger partial charge in [0.15, 0.2) is 0 Å². The van der Waals surface area contributed by atoms with Gasteiger partial charge in [0.25, 0.3) is 0 Å². The molecule has 9 nitrogen and oxygen atoms in total. The molecule has 0 heterocycles. The van der Waals surface area contributed by atoms with Crippen LogP contribution < -0.4 is 5.32 Å². The van der Waals surface area contributed by atoms with E-state index in [-0.39, 0.29) is 25.1 Å². The molecule has 0 fully saturated rings. The number of ether oxygens (including phenoxy) is 1. The number of phosphoric acid groups is 1. The Balaban J connectivity index is 5.23. The van der Waals surface area contributed by atoms with Crippen LogP contribution in [0, 0.1) is 0 Å². The molecule has 10 heteroatoms. The average molecular weight is 1130 g/mol. The second-order valence-electron chi connectivity index (χ2n) is 24.0. The number of phosphoric ester groups is 1. The first-order valence-corrected chi connectivity index (χ1v) is 35.1. The van der Waals surface area contributed by atoms with Gasteiger partial charge in [-0.1, -0.05) is 287 Å². The lowest BCUT2D eigenvalue weighted by molar-refractivity contribution is -0.870. The smallest absolute Gasteiger partial charge is 0.456 e. The van der Waals surface area contributed by atoms with Gasteiger partial charge in [-0.25, -0.2) is 4.57 Å². The topological polar surface area (TPSA) is 111 Å². The zero-order valence-electron chi connectivity index (χ0n) is 52.9. The molecule has 0 aliphatic carbocycles. The first kappa shape index (κ1) is 76.7. The van der Waals surface area contributed by atoms with Gasteiger partial charge in [0.05, 0.1) is 33.8 Å². The average Bonchev–Trinajstić information content (AvgIpc) is 3.41. The van der Waals surface area contributed by atoms with Crippen LogP contribution in [0.3, 0.4) is 0 Å². The van der Waals surface area contributed by atoms with E-state index in [4.69, 9.17) is 13.8 Å². The van der Waals surface area contributed by atoms with Crippen LogP contribution >= 0.6 is 7.82 Å². The summed E-state index contributed by atoms with van der Waals surface area (Å²) in [5, 5.41) is 3.06. The largest absolute Gasteiger partial charge is 0.472 e. The highest BCUT2D eigenvalue weighted by molar-refractivity contribution is 7.47. The van der Waals surface area contributed by atoms with Crippen molar-refractivity contribution < 1.29 is 37.3 Å². The van der Waals surface area contributed by atoms with E-state index >= 15 is 0 Å². The minimum absolute atomic E-state index is 0.0363. The Kier molecular flexibility index (Phi) is 57.2. The summed E-state index contributed by atoms with van der Waals surface area (Å²) in [6.07, 6.45) is 75.0. The first-order valence-electron chi connectivity index (χ1n) is 33.6. The number of unbranched alkanes of at least 4 members (excludes halogenated alkanes) is 37. The first-order chi connectivity index (χ1) is 38.4. The molecule has 0 saturated heterocycles. The highest BCUT2D eigenvalue weighted by atomic mass is 31.2. The molecule has 0 aliphatic heterocycles. The molecule has 3 atom stereocenters. The maximum absolute atomic E-state index is 13.6. The zero-order valence-corrected chi connectivity index (χ0v) is 53.8. The van der Waals surface area contributed by atoms with Crippen LogP contribution in [0.4, 0.5) is 0 Å². The lowest BCUT2D eigenvalue weighted by Gasteiger charge is -2.27. The van der Waals surface area contributed by atoms with Crippen LogP contribution in [0.15, 0.2) is 60.8 Å². The summed E-state index contributed by atoms with van der Waals surface area (Å²) in [4.78, 5) is 37.8. The van der Waals surface area contributed by atoms with Gasteiger partial charge in [-0.05, 0) is 76.7 Å². The van der Waals surface area contributed by atoms with Crippen LogP contribution in [0.2, 0.25) is 0 Å². The fourth-order valence-corrected chi connectivity index (χ4v) is 10.5.